The molecule has 1 aromatic heterocycles. The van der Waals surface area contributed by atoms with Crippen molar-refractivity contribution in [2.45, 2.75) is 12.3 Å². The van der Waals surface area contributed by atoms with E-state index in [4.69, 9.17) is 0 Å². The van der Waals surface area contributed by atoms with Crippen LogP contribution in [0.25, 0.3) is 0 Å². The number of rotatable bonds is 2. The first kappa shape index (κ1) is 12.6. The Morgan fingerprint density at radius 3 is 2.56 bits per heavy atom. The fourth-order valence-corrected chi connectivity index (χ4v) is 1.66. The molecule has 1 unspecified atom stereocenters. The van der Waals surface area contributed by atoms with E-state index in [1.807, 2.05) is 0 Å². The second-order valence-corrected chi connectivity index (χ2v) is 3.97. The van der Waals surface area contributed by atoms with Crippen molar-refractivity contribution >= 4 is 0 Å². The second-order valence-electron chi connectivity index (χ2n) is 3.97. The molecule has 1 atom stereocenters. The lowest BCUT2D eigenvalue weighted by atomic mass is 10.0. The molecule has 0 fully saturated rings. The van der Waals surface area contributed by atoms with E-state index in [1.54, 1.807) is 13.2 Å². The number of aliphatic hydroxyl groups excluding tert-OH is 1. The molecule has 0 aliphatic heterocycles. The highest BCUT2D eigenvalue weighted by Crippen LogP contribution is 2.31. The predicted molar refractivity (Wildman–Crippen MR) is 58.7 cm³/mol. The summed E-state index contributed by atoms with van der Waals surface area (Å²) in [5.74, 6) is 0. The number of benzene rings is 1. The molecule has 0 bridgehead atoms. The third kappa shape index (κ3) is 2.53. The van der Waals surface area contributed by atoms with E-state index in [1.165, 1.54) is 23.0 Å². The van der Waals surface area contributed by atoms with Crippen LogP contribution >= 0.6 is 0 Å². The molecule has 18 heavy (non-hydrogen) atoms. The lowest BCUT2D eigenvalue weighted by Gasteiger charge is -2.12. The summed E-state index contributed by atoms with van der Waals surface area (Å²) in [4.78, 5) is 0. The van der Waals surface area contributed by atoms with Gasteiger partial charge in [-0.15, -0.1) is 0 Å². The number of nitrogens with zero attached hydrogens (tertiary/aromatic N) is 2. The van der Waals surface area contributed by atoms with Gasteiger partial charge in [0.2, 0.25) is 0 Å². The minimum atomic E-state index is -4.41. The summed E-state index contributed by atoms with van der Waals surface area (Å²) in [5, 5.41) is 13.8. The average Bonchev–Trinajstić information content (AvgIpc) is 2.74. The number of halogens is 3. The molecule has 6 heteroatoms. The Labute approximate surface area is 101 Å². The summed E-state index contributed by atoms with van der Waals surface area (Å²) in [5.41, 5.74) is -0.127. The molecular formula is C12H11F3N2O. The topological polar surface area (TPSA) is 38.0 Å². The molecule has 2 aromatic rings. The van der Waals surface area contributed by atoms with Crippen molar-refractivity contribution in [2.24, 2.45) is 7.05 Å². The van der Waals surface area contributed by atoms with Gasteiger partial charge < -0.3 is 5.11 Å². The van der Waals surface area contributed by atoms with Gasteiger partial charge in [0.05, 0.1) is 11.8 Å². The first-order valence-corrected chi connectivity index (χ1v) is 5.21. The molecule has 0 saturated heterocycles. The van der Waals surface area contributed by atoms with E-state index in [0.717, 1.165) is 12.1 Å². The van der Waals surface area contributed by atoms with Crippen LogP contribution in [-0.2, 0) is 13.2 Å². The molecular weight excluding hydrogens is 245 g/mol. The van der Waals surface area contributed by atoms with Gasteiger partial charge in [0.1, 0.15) is 6.10 Å². The molecule has 3 nitrogen and oxygen atoms in total. The number of aliphatic hydroxyl groups is 1. The Kier molecular flexibility index (Phi) is 3.13. The van der Waals surface area contributed by atoms with Gasteiger partial charge >= 0.3 is 6.18 Å². The zero-order chi connectivity index (χ0) is 13.3. The molecule has 1 aromatic carbocycles. The molecule has 0 aliphatic carbocycles. The minimum absolute atomic E-state index is 0.192. The molecule has 1 N–H and O–H groups in total. The number of aryl methyl sites for hydroxylation is 1. The van der Waals surface area contributed by atoms with Crippen molar-refractivity contribution in [3.63, 3.8) is 0 Å². The third-order valence-corrected chi connectivity index (χ3v) is 2.57. The first-order chi connectivity index (χ1) is 8.38. The van der Waals surface area contributed by atoms with Crippen molar-refractivity contribution in [3.05, 3.63) is 53.3 Å². The van der Waals surface area contributed by atoms with Crippen LogP contribution in [0.5, 0.6) is 0 Å². The Morgan fingerprint density at radius 2 is 2.00 bits per heavy atom. The smallest absolute Gasteiger partial charge is 0.384 e. The van der Waals surface area contributed by atoms with Gasteiger partial charge in [0, 0.05) is 18.8 Å². The van der Waals surface area contributed by atoms with Crippen LogP contribution < -0.4 is 0 Å². The van der Waals surface area contributed by atoms with Crippen LogP contribution in [0.3, 0.4) is 0 Å². The Bertz CT molecular complexity index is 548. The summed E-state index contributed by atoms with van der Waals surface area (Å²) in [6, 6.07) is 4.64. The fraction of sp³-hybridized carbons (Fsp3) is 0.250. The van der Waals surface area contributed by atoms with Gasteiger partial charge in [0.15, 0.2) is 0 Å². The summed E-state index contributed by atoms with van der Waals surface area (Å²) in [6.07, 6.45) is -2.54. The van der Waals surface area contributed by atoms with Crippen LogP contribution in [0.2, 0.25) is 0 Å². The zero-order valence-corrected chi connectivity index (χ0v) is 9.52. The fourth-order valence-electron chi connectivity index (χ4n) is 1.66. The molecule has 1 heterocycles. The maximum absolute atomic E-state index is 12.5. The van der Waals surface area contributed by atoms with E-state index in [9.17, 15) is 18.3 Å². The molecule has 0 saturated carbocycles. The van der Waals surface area contributed by atoms with E-state index < -0.39 is 17.8 Å². The van der Waals surface area contributed by atoms with E-state index in [-0.39, 0.29) is 5.56 Å². The van der Waals surface area contributed by atoms with Crippen molar-refractivity contribution in [2.75, 3.05) is 0 Å². The SMILES string of the molecule is Cn1cc(C(O)c2cccc(C(F)(F)F)c2)cn1. The maximum Gasteiger partial charge on any atom is 0.416 e. The highest BCUT2D eigenvalue weighted by Gasteiger charge is 2.31. The van der Waals surface area contributed by atoms with Gasteiger partial charge in [-0.05, 0) is 17.7 Å². The summed E-state index contributed by atoms with van der Waals surface area (Å²) >= 11 is 0. The molecule has 96 valence electrons. The number of hydrogen-bond acceptors (Lipinski definition) is 2. The lowest BCUT2D eigenvalue weighted by molar-refractivity contribution is -0.137. The largest absolute Gasteiger partial charge is 0.416 e. The van der Waals surface area contributed by atoms with E-state index >= 15 is 0 Å². The van der Waals surface area contributed by atoms with Crippen LogP contribution in [0.15, 0.2) is 36.7 Å². The van der Waals surface area contributed by atoms with Gasteiger partial charge in [-0.25, -0.2) is 0 Å². The standard InChI is InChI=1S/C12H11F3N2O/c1-17-7-9(6-16-17)11(18)8-3-2-4-10(5-8)12(13,14)15/h2-7,11,18H,1H3. The predicted octanol–water partition coefficient (Wildman–Crippen LogP) is 2.52. The summed E-state index contributed by atoms with van der Waals surface area (Å²) in [6.45, 7) is 0. The van der Waals surface area contributed by atoms with E-state index in [2.05, 4.69) is 5.10 Å². The first-order valence-electron chi connectivity index (χ1n) is 5.21. The quantitative estimate of drug-likeness (QED) is 0.896. The molecule has 2 rings (SSSR count). The van der Waals surface area contributed by atoms with Crippen molar-refractivity contribution in [1.29, 1.82) is 0 Å². The second kappa shape index (κ2) is 4.45. The molecule has 0 radical (unpaired) electrons. The lowest BCUT2D eigenvalue weighted by Crippen LogP contribution is -2.07. The van der Waals surface area contributed by atoms with Crippen LogP contribution in [-0.4, -0.2) is 14.9 Å². The van der Waals surface area contributed by atoms with Gasteiger partial charge in [-0.1, -0.05) is 12.1 Å². The van der Waals surface area contributed by atoms with Gasteiger partial charge in [-0.3, -0.25) is 4.68 Å². The average molecular weight is 256 g/mol. The Balaban J connectivity index is 2.34. The monoisotopic (exact) mass is 256 g/mol. The minimum Gasteiger partial charge on any atom is -0.384 e. The number of alkyl halides is 3. The Morgan fingerprint density at radius 1 is 1.28 bits per heavy atom. The van der Waals surface area contributed by atoms with E-state index in [0.29, 0.717) is 5.56 Å². The van der Waals surface area contributed by atoms with Crippen molar-refractivity contribution in [1.82, 2.24) is 9.78 Å². The number of aromatic nitrogens is 2. The molecule has 0 spiro atoms. The highest BCUT2D eigenvalue weighted by atomic mass is 19.4. The van der Waals surface area contributed by atoms with Crippen molar-refractivity contribution in [3.8, 4) is 0 Å². The summed E-state index contributed by atoms with van der Waals surface area (Å²) < 4.78 is 39.1. The van der Waals surface area contributed by atoms with Crippen LogP contribution in [0.4, 0.5) is 13.2 Å². The highest BCUT2D eigenvalue weighted by molar-refractivity contribution is 5.32. The zero-order valence-electron chi connectivity index (χ0n) is 9.52. The third-order valence-electron chi connectivity index (χ3n) is 2.57. The van der Waals surface area contributed by atoms with Crippen LogP contribution in [0.1, 0.15) is 22.8 Å². The Hall–Kier alpha value is -1.82. The van der Waals surface area contributed by atoms with Crippen LogP contribution in [0, 0.1) is 0 Å². The number of hydrogen-bond donors (Lipinski definition) is 1. The molecule has 0 aliphatic rings. The van der Waals surface area contributed by atoms with Gasteiger partial charge in [0.25, 0.3) is 0 Å². The summed E-state index contributed by atoms with van der Waals surface area (Å²) in [7, 11) is 1.67. The van der Waals surface area contributed by atoms with Crippen molar-refractivity contribution < 1.29 is 18.3 Å². The molecule has 0 amide bonds. The maximum atomic E-state index is 12.5. The normalized spacial score (nSPS) is 13.6. The van der Waals surface area contributed by atoms with Gasteiger partial charge in [-0.2, -0.15) is 18.3 Å².